The van der Waals surface area contributed by atoms with Gasteiger partial charge in [-0.2, -0.15) is 0 Å². The second-order valence-corrected chi connectivity index (χ2v) is 5.67. The first-order chi connectivity index (χ1) is 6.56. The molecule has 3 nitrogen and oxygen atoms in total. The Bertz CT molecular complexity index is 200. The normalized spacial score (nSPS) is 34.5. The first kappa shape index (κ1) is 10.4. The molecule has 14 heavy (non-hydrogen) atoms. The standard InChI is InChI=1S/C11H22N2O/c1-11(2,3)8-13-4-5-14-10-7-12-6-9(10)13/h9-10,12H,4-8H2,1-3H3/t9-,10+/m1/s1. The number of nitrogens with zero attached hydrogens (tertiary/aromatic N) is 1. The van der Waals surface area contributed by atoms with E-state index in [4.69, 9.17) is 4.74 Å². The van der Waals surface area contributed by atoms with Gasteiger partial charge in [0.2, 0.25) is 0 Å². The number of nitrogens with one attached hydrogen (secondary N) is 1. The molecule has 3 heteroatoms. The second kappa shape index (κ2) is 3.80. The number of fused-ring (bicyclic) bond motifs is 1. The third-order valence-corrected chi connectivity index (χ3v) is 2.99. The van der Waals surface area contributed by atoms with Gasteiger partial charge in [-0.15, -0.1) is 0 Å². The van der Waals surface area contributed by atoms with E-state index >= 15 is 0 Å². The molecule has 1 N–H and O–H groups in total. The van der Waals surface area contributed by atoms with Crippen molar-refractivity contribution >= 4 is 0 Å². The molecule has 2 rings (SSSR count). The molecule has 0 bridgehead atoms. The van der Waals surface area contributed by atoms with Crippen molar-refractivity contribution in [2.24, 2.45) is 5.41 Å². The van der Waals surface area contributed by atoms with Gasteiger partial charge in [0.25, 0.3) is 0 Å². The lowest BCUT2D eigenvalue weighted by molar-refractivity contribution is -0.0561. The number of hydrogen-bond donors (Lipinski definition) is 1. The summed E-state index contributed by atoms with van der Waals surface area (Å²) < 4.78 is 5.74. The maximum absolute atomic E-state index is 5.74. The van der Waals surface area contributed by atoms with E-state index in [-0.39, 0.29) is 0 Å². The Morgan fingerprint density at radius 1 is 1.36 bits per heavy atom. The summed E-state index contributed by atoms with van der Waals surface area (Å²) in [4.78, 5) is 2.59. The highest BCUT2D eigenvalue weighted by atomic mass is 16.5. The lowest BCUT2D eigenvalue weighted by Crippen LogP contribution is -2.52. The van der Waals surface area contributed by atoms with Crippen molar-refractivity contribution < 1.29 is 4.74 Å². The van der Waals surface area contributed by atoms with Crippen molar-refractivity contribution in [1.82, 2.24) is 10.2 Å². The van der Waals surface area contributed by atoms with Crippen molar-refractivity contribution in [3.8, 4) is 0 Å². The summed E-state index contributed by atoms with van der Waals surface area (Å²) >= 11 is 0. The third kappa shape index (κ3) is 2.27. The molecule has 2 saturated heterocycles. The summed E-state index contributed by atoms with van der Waals surface area (Å²) in [5.74, 6) is 0. The average molecular weight is 198 g/mol. The van der Waals surface area contributed by atoms with Gasteiger partial charge in [0.1, 0.15) is 0 Å². The molecule has 0 unspecified atom stereocenters. The van der Waals surface area contributed by atoms with Crippen LogP contribution in [-0.2, 0) is 4.74 Å². The molecular formula is C11H22N2O. The molecule has 82 valence electrons. The number of rotatable bonds is 1. The van der Waals surface area contributed by atoms with Crippen LogP contribution < -0.4 is 5.32 Å². The minimum absolute atomic E-state index is 0.393. The van der Waals surface area contributed by atoms with Gasteiger partial charge >= 0.3 is 0 Å². The van der Waals surface area contributed by atoms with Crippen LogP contribution in [0, 0.1) is 5.41 Å². The van der Waals surface area contributed by atoms with Gasteiger partial charge in [0.15, 0.2) is 0 Å². The minimum Gasteiger partial charge on any atom is -0.374 e. The van der Waals surface area contributed by atoms with Gasteiger partial charge in [0.05, 0.1) is 12.7 Å². The summed E-state index contributed by atoms with van der Waals surface area (Å²) in [5.41, 5.74) is 0.393. The van der Waals surface area contributed by atoms with Gasteiger partial charge < -0.3 is 10.1 Å². The van der Waals surface area contributed by atoms with Crippen molar-refractivity contribution in [3.63, 3.8) is 0 Å². The maximum Gasteiger partial charge on any atom is 0.0867 e. The van der Waals surface area contributed by atoms with E-state index in [1.165, 1.54) is 6.54 Å². The van der Waals surface area contributed by atoms with Crippen LogP contribution in [-0.4, -0.2) is 49.8 Å². The van der Waals surface area contributed by atoms with E-state index in [2.05, 4.69) is 31.0 Å². The molecule has 0 saturated carbocycles. The zero-order chi connectivity index (χ0) is 10.2. The Balaban J connectivity index is 1.97. The topological polar surface area (TPSA) is 24.5 Å². The van der Waals surface area contributed by atoms with Crippen molar-refractivity contribution in [2.45, 2.75) is 32.9 Å². The molecule has 0 radical (unpaired) electrons. The first-order valence-electron chi connectivity index (χ1n) is 5.63. The van der Waals surface area contributed by atoms with Crippen LogP contribution in [0.2, 0.25) is 0 Å². The molecule has 0 spiro atoms. The molecule has 0 aromatic heterocycles. The van der Waals surface area contributed by atoms with Crippen LogP contribution in [0.25, 0.3) is 0 Å². The largest absolute Gasteiger partial charge is 0.374 e. The van der Waals surface area contributed by atoms with E-state index in [1.54, 1.807) is 0 Å². The molecule has 2 fully saturated rings. The van der Waals surface area contributed by atoms with Crippen LogP contribution in [0.4, 0.5) is 0 Å². The molecule has 0 aromatic carbocycles. The van der Waals surface area contributed by atoms with Crippen LogP contribution in [0.5, 0.6) is 0 Å². The number of ether oxygens (including phenoxy) is 1. The van der Waals surface area contributed by atoms with E-state index in [0.29, 0.717) is 17.6 Å². The van der Waals surface area contributed by atoms with E-state index in [1.807, 2.05) is 0 Å². The number of hydrogen-bond acceptors (Lipinski definition) is 3. The maximum atomic E-state index is 5.74. The fourth-order valence-electron chi connectivity index (χ4n) is 2.47. The summed E-state index contributed by atoms with van der Waals surface area (Å²) in [7, 11) is 0. The molecule has 2 heterocycles. The van der Waals surface area contributed by atoms with Crippen molar-refractivity contribution in [2.75, 3.05) is 32.8 Å². The Labute approximate surface area is 86.8 Å². The van der Waals surface area contributed by atoms with Crippen LogP contribution in [0.3, 0.4) is 0 Å². The highest BCUT2D eigenvalue weighted by molar-refractivity contribution is 4.93. The fourth-order valence-corrected chi connectivity index (χ4v) is 2.47. The lowest BCUT2D eigenvalue weighted by Gasteiger charge is -2.40. The smallest absolute Gasteiger partial charge is 0.0867 e. The summed E-state index contributed by atoms with van der Waals surface area (Å²) in [5, 5.41) is 3.41. The van der Waals surface area contributed by atoms with Gasteiger partial charge in [-0.05, 0) is 5.41 Å². The van der Waals surface area contributed by atoms with Gasteiger partial charge in [-0.1, -0.05) is 20.8 Å². The van der Waals surface area contributed by atoms with Crippen LogP contribution in [0.15, 0.2) is 0 Å². The molecule has 2 atom stereocenters. The van der Waals surface area contributed by atoms with Gasteiger partial charge in [-0.25, -0.2) is 0 Å². The van der Waals surface area contributed by atoms with Crippen molar-refractivity contribution in [3.05, 3.63) is 0 Å². The van der Waals surface area contributed by atoms with Gasteiger partial charge in [-0.3, -0.25) is 4.90 Å². The zero-order valence-corrected chi connectivity index (χ0v) is 9.55. The predicted molar refractivity (Wildman–Crippen MR) is 57.4 cm³/mol. The Hall–Kier alpha value is -0.120. The third-order valence-electron chi connectivity index (χ3n) is 2.99. The molecule has 0 amide bonds. The second-order valence-electron chi connectivity index (χ2n) is 5.67. The Morgan fingerprint density at radius 3 is 2.86 bits per heavy atom. The Morgan fingerprint density at radius 2 is 2.14 bits per heavy atom. The average Bonchev–Trinajstić information content (AvgIpc) is 2.49. The minimum atomic E-state index is 0.393. The summed E-state index contributed by atoms with van der Waals surface area (Å²) in [6, 6.07) is 0.614. The quantitative estimate of drug-likeness (QED) is 0.671. The number of morpholine rings is 1. The molecule has 2 aliphatic rings. The summed E-state index contributed by atoms with van der Waals surface area (Å²) in [6.45, 7) is 12.2. The SMILES string of the molecule is CC(C)(C)CN1CCO[C@H]2CNC[C@H]21. The van der Waals surface area contributed by atoms with E-state index < -0.39 is 0 Å². The first-order valence-corrected chi connectivity index (χ1v) is 5.63. The zero-order valence-electron chi connectivity index (χ0n) is 9.55. The molecule has 2 aliphatic heterocycles. The van der Waals surface area contributed by atoms with Crippen molar-refractivity contribution in [1.29, 1.82) is 0 Å². The van der Waals surface area contributed by atoms with E-state index in [0.717, 1.165) is 26.2 Å². The molecule has 0 aliphatic carbocycles. The lowest BCUT2D eigenvalue weighted by atomic mass is 9.94. The fraction of sp³-hybridized carbons (Fsp3) is 1.00. The Kier molecular flexibility index (Phi) is 2.82. The van der Waals surface area contributed by atoms with Crippen LogP contribution in [0.1, 0.15) is 20.8 Å². The molecule has 0 aromatic rings. The molecular weight excluding hydrogens is 176 g/mol. The summed E-state index contributed by atoms with van der Waals surface area (Å²) in [6.07, 6.45) is 0.436. The highest BCUT2D eigenvalue weighted by Gasteiger charge is 2.37. The van der Waals surface area contributed by atoms with Crippen LogP contribution >= 0.6 is 0 Å². The van der Waals surface area contributed by atoms with Gasteiger partial charge in [0, 0.05) is 32.2 Å². The highest BCUT2D eigenvalue weighted by Crippen LogP contribution is 2.23. The van der Waals surface area contributed by atoms with E-state index in [9.17, 15) is 0 Å². The monoisotopic (exact) mass is 198 g/mol. The predicted octanol–water partition coefficient (Wildman–Crippen LogP) is 0.705.